The highest BCUT2D eigenvalue weighted by atomic mass is 32.2. The predicted molar refractivity (Wildman–Crippen MR) is 60.3 cm³/mol. The summed E-state index contributed by atoms with van der Waals surface area (Å²) in [4.78, 5) is 0. The topological polar surface area (TPSA) is 85.7 Å². The van der Waals surface area contributed by atoms with Gasteiger partial charge in [-0.1, -0.05) is 0 Å². The molecule has 1 N–H and O–H groups in total. The molecule has 0 saturated carbocycles. The van der Waals surface area contributed by atoms with Crippen LogP contribution in [0.25, 0.3) is 0 Å². The summed E-state index contributed by atoms with van der Waals surface area (Å²) in [5.41, 5.74) is 0. The molecule has 7 nitrogen and oxygen atoms in total. The van der Waals surface area contributed by atoms with Crippen LogP contribution in [0.3, 0.4) is 0 Å². The summed E-state index contributed by atoms with van der Waals surface area (Å²) in [5, 5.41) is 12.0. The molecule has 8 heteroatoms. The second-order valence-electron chi connectivity index (χ2n) is 3.98. The molecule has 2 heterocycles. The largest absolute Gasteiger partial charge is 0.379 e. The molecule has 0 bridgehead atoms. The molecular weight excluding hydrogens is 244 g/mol. The minimum atomic E-state index is -3.52. The minimum absolute atomic E-state index is 0.345. The van der Waals surface area contributed by atoms with Crippen LogP contribution in [-0.2, 0) is 14.9 Å². The molecule has 96 valence electrons. The van der Waals surface area contributed by atoms with Gasteiger partial charge in [0.15, 0.2) is 0 Å². The van der Waals surface area contributed by atoms with Crippen LogP contribution in [0.15, 0.2) is 0 Å². The molecule has 2 aliphatic rings. The molecule has 0 aromatic heterocycles. The van der Waals surface area contributed by atoms with Gasteiger partial charge in [0.2, 0.25) is 0 Å². The maximum absolute atomic E-state index is 12.3. The fourth-order valence-corrected chi connectivity index (χ4v) is 3.67. The standard InChI is InChI=1S/C9H16N4O3S/c10-7-9-8-11-1-2-13(9)17(14,15)12-3-5-16-6-4-12/h9,11H,1-6,8H2. The second-order valence-corrected chi connectivity index (χ2v) is 5.86. The third-order valence-electron chi connectivity index (χ3n) is 2.94. The van der Waals surface area contributed by atoms with Crippen molar-refractivity contribution < 1.29 is 13.2 Å². The molecule has 2 fully saturated rings. The molecule has 0 aliphatic carbocycles. The van der Waals surface area contributed by atoms with Gasteiger partial charge in [0.1, 0.15) is 6.04 Å². The molecule has 0 aromatic rings. The average Bonchev–Trinajstić information content (AvgIpc) is 2.39. The van der Waals surface area contributed by atoms with Crippen molar-refractivity contribution in [3.05, 3.63) is 0 Å². The Balaban J connectivity index is 2.15. The van der Waals surface area contributed by atoms with Crippen molar-refractivity contribution in [2.24, 2.45) is 0 Å². The first-order valence-corrected chi connectivity index (χ1v) is 7.01. The van der Waals surface area contributed by atoms with E-state index in [1.807, 2.05) is 6.07 Å². The lowest BCUT2D eigenvalue weighted by atomic mass is 10.3. The summed E-state index contributed by atoms with van der Waals surface area (Å²) in [5.74, 6) is 0. The quantitative estimate of drug-likeness (QED) is 0.643. The number of ether oxygens (including phenoxy) is 1. The summed E-state index contributed by atoms with van der Waals surface area (Å²) in [7, 11) is -3.52. The van der Waals surface area contributed by atoms with Crippen molar-refractivity contribution >= 4 is 10.2 Å². The Hall–Kier alpha value is -0.720. The highest BCUT2D eigenvalue weighted by Crippen LogP contribution is 2.15. The summed E-state index contributed by atoms with van der Waals surface area (Å²) in [6.07, 6.45) is 0. The number of nitrogens with one attached hydrogen (secondary N) is 1. The first-order chi connectivity index (χ1) is 8.16. The van der Waals surface area contributed by atoms with Crippen LogP contribution in [0.1, 0.15) is 0 Å². The van der Waals surface area contributed by atoms with Crippen molar-refractivity contribution in [3.63, 3.8) is 0 Å². The van der Waals surface area contributed by atoms with E-state index in [-0.39, 0.29) is 0 Å². The maximum Gasteiger partial charge on any atom is 0.283 e. The predicted octanol–water partition coefficient (Wildman–Crippen LogP) is -1.64. The molecule has 17 heavy (non-hydrogen) atoms. The lowest BCUT2D eigenvalue weighted by Crippen LogP contribution is -2.58. The molecule has 1 unspecified atom stereocenters. The van der Waals surface area contributed by atoms with Gasteiger partial charge in [-0.05, 0) is 0 Å². The molecule has 1 atom stereocenters. The Morgan fingerprint density at radius 2 is 2.00 bits per heavy atom. The summed E-state index contributed by atoms with van der Waals surface area (Å²) < 4.78 is 32.5. The van der Waals surface area contributed by atoms with Crippen molar-refractivity contribution in [3.8, 4) is 6.07 Å². The lowest BCUT2D eigenvalue weighted by molar-refractivity contribution is 0.0692. The molecule has 0 radical (unpaired) electrons. The molecule has 0 aromatic carbocycles. The molecular formula is C9H16N4O3S. The zero-order chi connectivity index (χ0) is 12.3. The number of nitriles is 1. The highest BCUT2D eigenvalue weighted by Gasteiger charge is 2.37. The van der Waals surface area contributed by atoms with Crippen LogP contribution in [0.5, 0.6) is 0 Å². The van der Waals surface area contributed by atoms with E-state index in [4.69, 9.17) is 10.00 Å². The molecule has 0 amide bonds. The van der Waals surface area contributed by atoms with E-state index in [0.717, 1.165) is 0 Å². The van der Waals surface area contributed by atoms with E-state index in [0.29, 0.717) is 45.9 Å². The van der Waals surface area contributed by atoms with Gasteiger partial charge < -0.3 is 10.1 Å². The number of hydrogen-bond acceptors (Lipinski definition) is 5. The van der Waals surface area contributed by atoms with Crippen molar-refractivity contribution in [2.45, 2.75) is 6.04 Å². The first kappa shape index (κ1) is 12.7. The molecule has 2 saturated heterocycles. The SMILES string of the molecule is N#CC1CNCCN1S(=O)(=O)N1CCOCC1. The zero-order valence-electron chi connectivity index (χ0n) is 9.50. The van der Waals surface area contributed by atoms with Crippen LogP contribution < -0.4 is 5.32 Å². The van der Waals surface area contributed by atoms with Gasteiger partial charge in [-0.2, -0.15) is 22.3 Å². The third-order valence-corrected chi connectivity index (χ3v) is 4.98. The van der Waals surface area contributed by atoms with Gasteiger partial charge in [-0.15, -0.1) is 0 Å². The number of nitrogens with zero attached hydrogens (tertiary/aromatic N) is 3. The van der Waals surface area contributed by atoms with Gasteiger partial charge in [0, 0.05) is 32.7 Å². The van der Waals surface area contributed by atoms with Crippen LogP contribution in [0, 0.1) is 11.3 Å². The third kappa shape index (κ3) is 2.59. The van der Waals surface area contributed by atoms with Gasteiger partial charge in [-0.3, -0.25) is 0 Å². The fraction of sp³-hybridized carbons (Fsp3) is 0.889. The zero-order valence-corrected chi connectivity index (χ0v) is 10.3. The number of rotatable bonds is 2. The van der Waals surface area contributed by atoms with Crippen LogP contribution in [-0.4, -0.2) is 69.0 Å². The molecule has 2 aliphatic heterocycles. The summed E-state index contributed by atoms with van der Waals surface area (Å²) in [6.45, 7) is 2.89. The van der Waals surface area contributed by atoms with E-state index >= 15 is 0 Å². The van der Waals surface area contributed by atoms with E-state index in [2.05, 4.69) is 5.32 Å². The summed E-state index contributed by atoms with van der Waals surface area (Å²) >= 11 is 0. The maximum atomic E-state index is 12.3. The minimum Gasteiger partial charge on any atom is -0.379 e. The van der Waals surface area contributed by atoms with Gasteiger partial charge in [-0.25, -0.2) is 0 Å². The van der Waals surface area contributed by atoms with Crippen LogP contribution in [0.2, 0.25) is 0 Å². The van der Waals surface area contributed by atoms with E-state index in [1.165, 1.54) is 8.61 Å². The monoisotopic (exact) mass is 260 g/mol. The second kappa shape index (κ2) is 5.29. The Kier molecular flexibility index (Phi) is 3.96. The molecule has 2 rings (SSSR count). The highest BCUT2D eigenvalue weighted by molar-refractivity contribution is 7.86. The van der Waals surface area contributed by atoms with E-state index < -0.39 is 16.3 Å². The number of hydrogen-bond donors (Lipinski definition) is 1. The normalized spacial score (nSPS) is 28.8. The number of morpholine rings is 1. The van der Waals surface area contributed by atoms with Crippen LogP contribution >= 0.6 is 0 Å². The van der Waals surface area contributed by atoms with E-state index in [9.17, 15) is 8.42 Å². The molecule has 0 spiro atoms. The Morgan fingerprint density at radius 3 is 2.65 bits per heavy atom. The summed E-state index contributed by atoms with van der Waals surface area (Å²) in [6, 6.07) is 1.41. The van der Waals surface area contributed by atoms with Crippen molar-refractivity contribution in [2.75, 3.05) is 45.9 Å². The average molecular weight is 260 g/mol. The Labute approximate surface area is 101 Å². The Bertz CT molecular complexity index is 399. The van der Waals surface area contributed by atoms with Gasteiger partial charge in [0.05, 0.1) is 19.3 Å². The van der Waals surface area contributed by atoms with Gasteiger partial charge >= 0.3 is 0 Å². The van der Waals surface area contributed by atoms with E-state index in [1.54, 1.807) is 0 Å². The fourth-order valence-electron chi connectivity index (χ4n) is 2.00. The first-order valence-electron chi connectivity index (χ1n) is 5.61. The van der Waals surface area contributed by atoms with Crippen molar-refractivity contribution in [1.29, 1.82) is 5.26 Å². The van der Waals surface area contributed by atoms with Crippen molar-refractivity contribution in [1.82, 2.24) is 13.9 Å². The van der Waals surface area contributed by atoms with Crippen LogP contribution in [0.4, 0.5) is 0 Å². The smallest absolute Gasteiger partial charge is 0.283 e. The lowest BCUT2D eigenvalue weighted by Gasteiger charge is -2.36. The Morgan fingerprint density at radius 1 is 1.29 bits per heavy atom. The number of piperazine rings is 1. The van der Waals surface area contributed by atoms with Gasteiger partial charge in [0.25, 0.3) is 10.2 Å².